The standard InChI is InChI=1S/C9H21NO2S/c1-3-13-9-5-10-4-6-12-8-7-11-2/h10H,3-9H2,1-2H3. The summed E-state index contributed by atoms with van der Waals surface area (Å²) in [6.45, 7) is 6.35. The van der Waals surface area contributed by atoms with Gasteiger partial charge in [0.25, 0.3) is 0 Å². The molecule has 0 aromatic heterocycles. The van der Waals surface area contributed by atoms with E-state index >= 15 is 0 Å². The minimum atomic E-state index is 0.686. The minimum Gasteiger partial charge on any atom is -0.382 e. The summed E-state index contributed by atoms with van der Waals surface area (Å²) in [4.78, 5) is 0. The molecule has 0 bridgehead atoms. The van der Waals surface area contributed by atoms with Gasteiger partial charge in [-0.1, -0.05) is 6.92 Å². The van der Waals surface area contributed by atoms with E-state index in [-0.39, 0.29) is 0 Å². The first-order chi connectivity index (χ1) is 6.41. The molecule has 0 spiro atoms. The highest BCUT2D eigenvalue weighted by Gasteiger charge is 1.88. The van der Waals surface area contributed by atoms with Crippen LogP contribution in [0.5, 0.6) is 0 Å². The van der Waals surface area contributed by atoms with Gasteiger partial charge in [0.1, 0.15) is 0 Å². The van der Waals surface area contributed by atoms with Gasteiger partial charge < -0.3 is 14.8 Å². The monoisotopic (exact) mass is 207 g/mol. The van der Waals surface area contributed by atoms with Crippen LogP contribution < -0.4 is 5.32 Å². The molecule has 0 saturated heterocycles. The van der Waals surface area contributed by atoms with Gasteiger partial charge in [-0.2, -0.15) is 11.8 Å². The predicted octanol–water partition coefficient (Wildman–Crippen LogP) is 0.992. The van der Waals surface area contributed by atoms with Crippen molar-refractivity contribution in [2.75, 3.05) is 51.5 Å². The molecule has 0 amide bonds. The van der Waals surface area contributed by atoms with Crippen LogP contribution in [0.4, 0.5) is 0 Å². The summed E-state index contributed by atoms with van der Waals surface area (Å²) in [6.07, 6.45) is 0. The normalized spacial score (nSPS) is 10.6. The van der Waals surface area contributed by atoms with Crippen LogP contribution in [0.2, 0.25) is 0 Å². The van der Waals surface area contributed by atoms with Crippen LogP contribution in [0, 0.1) is 0 Å². The topological polar surface area (TPSA) is 30.5 Å². The Morgan fingerprint density at radius 1 is 1.15 bits per heavy atom. The highest BCUT2D eigenvalue weighted by Crippen LogP contribution is 1.94. The molecule has 0 rings (SSSR count). The van der Waals surface area contributed by atoms with E-state index in [4.69, 9.17) is 9.47 Å². The van der Waals surface area contributed by atoms with Crippen LogP contribution in [-0.4, -0.2) is 51.5 Å². The van der Waals surface area contributed by atoms with Crippen LogP contribution in [0.3, 0.4) is 0 Å². The van der Waals surface area contributed by atoms with E-state index < -0.39 is 0 Å². The number of hydrogen-bond acceptors (Lipinski definition) is 4. The van der Waals surface area contributed by atoms with E-state index in [1.165, 1.54) is 11.5 Å². The smallest absolute Gasteiger partial charge is 0.0700 e. The lowest BCUT2D eigenvalue weighted by atomic mass is 10.6. The third-order valence-electron chi connectivity index (χ3n) is 1.48. The molecule has 0 fully saturated rings. The molecule has 0 aliphatic rings. The lowest BCUT2D eigenvalue weighted by Crippen LogP contribution is -2.22. The van der Waals surface area contributed by atoms with Crippen molar-refractivity contribution < 1.29 is 9.47 Å². The zero-order valence-corrected chi connectivity index (χ0v) is 9.49. The Morgan fingerprint density at radius 3 is 2.69 bits per heavy atom. The fourth-order valence-corrected chi connectivity index (χ4v) is 1.38. The van der Waals surface area contributed by atoms with Gasteiger partial charge in [-0.05, 0) is 5.75 Å². The van der Waals surface area contributed by atoms with Gasteiger partial charge in [0.05, 0.1) is 19.8 Å². The predicted molar refractivity (Wildman–Crippen MR) is 58.6 cm³/mol. The van der Waals surface area contributed by atoms with Crippen LogP contribution >= 0.6 is 11.8 Å². The Balaban J connectivity index is 2.76. The zero-order valence-electron chi connectivity index (χ0n) is 8.67. The molecule has 0 aromatic carbocycles. The number of rotatable bonds is 10. The fraction of sp³-hybridized carbons (Fsp3) is 1.00. The van der Waals surface area contributed by atoms with Gasteiger partial charge >= 0.3 is 0 Å². The van der Waals surface area contributed by atoms with Gasteiger partial charge in [-0.3, -0.25) is 0 Å². The second-order valence-electron chi connectivity index (χ2n) is 2.55. The van der Waals surface area contributed by atoms with E-state index in [1.807, 2.05) is 11.8 Å². The molecule has 0 aliphatic heterocycles. The molecule has 0 aromatic rings. The van der Waals surface area contributed by atoms with E-state index in [9.17, 15) is 0 Å². The summed E-state index contributed by atoms with van der Waals surface area (Å²) < 4.78 is 10.1. The van der Waals surface area contributed by atoms with Gasteiger partial charge in [0.2, 0.25) is 0 Å². The van der Waals surface area contributed by atoms with E-state index in [0.29, 0.717) is 13.2 Å². The SMILES string of the molecule is CCSCCNCCOCCOC. The van der Waals surface area contributed by atoms with Crippen molar-refractivity contribution >= 4 is 11.8 Å². The zero-order chi connectivity index (χ0) is 9.78. The van der Waals surface area contributed by atoms with Crippen molar-refractivity contribution in [1.29, 1.82) is 0 Å². The van der Waals surface area contributed by atoms with E-state index in [0.717, 1.165) is 19.7 Å². The first-order valence-electron chi connectivity index (χ1n) is 4.77. The second-order valence-corrected chi connectivity index (χ2v) is 3.95. The van der Waals surface area contributed by atoms with Crippen molar-refractivity contribution in [3.8, 4) is 0 Å². The molecule has 3 nitrogen and oxygen atoms in total. The Labute approximate surface area is 85.6 Å². The summed E-state index contributed by atoms with van der Waals surface area (Å²) in [6, 6.07) is 0. The first kappa shape index (κ1) is 13.2. The summed E-state index contributed by atoms with van der Waals surface area (Å²) in [5.41, 5.74) is 0. The number of ether oxygens (including phenoxy) is 2. The number of methoxy groups -OCH3 is 1. The Hall–Kier alpha value is 0.230. The van der Waals surface area contributed by atoms with E-state index in [1.54, 1.807) is 7.11 Å². The molecule has 0 atom stereocenters. The van der Waals surface area contributed by atoms with Crippen molar-refractivity contribution in [3.05, 3.63) is 0 Å². The molecule has 0 aliphatic carbocycles. The number of thioether (sulfide) groups is 1. The third-order valence-corrected chi connectivity index (χ3v) is 2.38. The summed E-state index contributed by atoms with van der Waals surface area (Å²) in [7, 11) is 1.68. The summed E-state index contributed by atoms with van der Waals surface area (Å²) in [5.74, 6) is 2.39. The van der Waals surface area contributed by atoms with Crippen LogP contribution in [-0.2, 0) is 9.47 Å². The maximum Gasteiger partial charge on any atom is 0.0700 e. The van der Waals surface area contributed by atoms with Crippen molar-refractivity contribution in [2.45, 2.75) is 6.92 Å². The van der Waals surface area contributed by atoms with Crippen LogP contribution in [0.1, 0.15) is 6.92 Å². The molecular weight excluding hydrogens is 186 g/mol. The first-order valence-corrected chi connectivity index (χ1v) is 5.92. The molecule has 80 valence electrons. The lowest BCUT2D eigenvalue weighted by molar-refractivity contribution is 0.0722. The molecule has 0 unspecified atom stereocenters. The molecule has 0 radical (unpaired) electrons. The quantitative estimate of drug-likeness (QED) is 0.541. The molecular formula is C9H21NO2S. The Bertz CT molecular complexity index is 83.7. The summed E-state index contributed by atoms with van der Waals surface area (Å²) in [5, 5.41) is 3.31. The molecule has 0 heterocycles. The van der Waals surface area contributed by atoms with Crippen LogP contribution in [0.15, 0.2) is 0 Å². The minimum absolute atomic E-state index is 0.686. The van der Waals surface area contributed by atoms with Crippen molar-refractivity contribution in [2.24, 2.45) is 0 Å². The fourth-order valence-electron chi connectivity index (χ4n) is 0.802. The van der Waals surface area contributed by atoms with Crippen molar-refractivity contribution in [3.63, 3.8) is 0 Å². The summed E-state index contributed by atoms with van der Waals surface area (Å²) >= 11 is 1.96. The Morgan fingerprint density at radius 2 is 2.00 bits per heavy atom. The van der Waals surface area contributed by atoms with Gasteiger partial charge in [-0.25, -0.2) is 0 Å². The van der Waals surface area contributed by atoms with Crippen molar-refractivity contribution in [1.82, 2.24) is 5.32 Å². The molecule has 1 N–H and O–H groups in total. The molecule has 0 saturated carbocycles. The Kier molecular flexibility index (Phi) is 12.4. The van der Waals surface area contributed by atoms with Gasteiger partial charge in [-0.15, -0.1) is 0 Å². The molecule has 13 heavy (non-hydrogen) atoms. The highest BCUT2D eigenvalue weighted by molar-refractivity contribution is 7.99. The largest absolute Gasteiger partial charge is 0.382 e. The maximum atomic E-state index is 5.29. The highest BCUT2D eigenvalue weighted by atomic mass is 32.2. The number of hydrogen-bond donors (Lipinski definition) is 1. The maximum absolute atomic E-state index is 5.29. The second kappa shape index (κ2) is 12.2. The molecule has 4 heteroatoms. The van der Waals surface area contributed by atoms with Gasteiger partial charge in [0.15, 0.2) is 0 Å². The number of nitrogens with one attached hydrogen (secondary N) is 1. The van der Waals surface area contributed by atoms with Crippen LogP contribution in [0.25, 0.3) is 0 Å². The average molecular weight is 207 g/mol. The average Bonchev–Trinajstić information content (AvgIpc) is 2.16. The third kappa shape index (κ3) is 12.2. The van der Waals surface area contributed by atoms with E-state index in [2.05, 4.69) is 12.2 Å². The lowest BCUT2D eigenvalue weighted by Gasteiger charge is -2.04. The van der Waals surface area contributed by atoms with Gasteiger partial charge in [0, 0.05) is 26.0 Å².